The van der Waals surface area contributed by atoms with Crippen LogP contribution in [0.3, 0.4) is 0 Å². The zero-order chi connectivity index (χ0) is 18.1. The van der Waals surface area contributed by atoms with E-state index in [2.05, 4.69) is 58.6 Å². The van der Waals surface area contributed by atoms with Gasteiger partial charge >= 0.3 is 0 Å². The predicted octanol–water partition coefficient (Wildman–Crippen LogP) is 2.58. The molecule has 1 atom stereocenters. The molecular formula is C20H34N4O. The van der Waals surface area contributed by atoms with Crippen LogP contribution in [-0.4, -0.2) is 57.8 Å². The molecule has 0 aromatic heterocycles. The fourth-order valence-corrected chi connectivity index (χ4v) is 3.43. The average molecular weight is 347 g/mol. The summed E-state index contributed by atoms with van der Waals surface area (Å²) in [5, 5.41) is 7.02. The molecule has 140 valence electrons. The summed E-state index contributed by atoms with van der Waals surface area (Å²) >= 11 is 0. The second kappa shape index (κ2) is 10.4. The zero-order valence-corrected chi connectivity index (χ0v) is 16.2. The Bertz CT molecular complexity index is 538. The minimum absolute atomic E-state index is 0.239. The van der Waals surface area contributed by atoms with Crippen molar-refractivity contribution in [2.75, 3.05) is 46.9 Å². The number of aryl methyl sites for hydroxylation is 1. The number of guanidine groups is 1. The molecule has 5 heteroatoms. The van der Waals surface area contributed by atoms with E-state index >= 15 is 0 Å². The molecule has 25 heavy (non-hydrogen) atoms. The van der Waals surface area contributed by atoms with E-state index in [9.17, 15) is 0 Å². The molecule has 1 aliphatic rings. The third kappa shape index (κ3) is 6.33. The maximum Gasteiger partial charge on any atom is 0.191 e. The standard InChI is InChI=1S/C20H34N4O/c1-16-7-5-6-8-19(16)17(2)23-20(21-3)22-15-18-9-11-24(12-10-18)13-14-25-4/h5-8,17-18H,9-15H2,1-4H3,(H2,21,22,23). The fourth-order valence-electron chi connectivity index (χ4n) is 3.43. The minimum atomic E-state index is 0.239. The van der Waals surface area contributed by atoms with Gasteiger partial charge in [-0.3, -0.25) is 4.99 Å². The first-order chi connectivity index (χ1) is 12.1. The van der Waals surface area contributed by atoms with Gasteiger partial charge in [-0.15, -0.1) is 0 Å². The summed E-state index contributed by atoms with van der Waals surface area (Å²) in [6.45, 7) is 9.54. The summed E-state index contributed by atoms with van der Waals surface area (Å²) in [6, 6.07) is 8.74. The van der Waals surface area contributed by atoms with E-state index in [4.69, 9.17) is 4.74 Å². The Morgan fingerprint density at radius 2 is 2.04 bits per heavy atom. The second-order valence-corrected chi connectivity index (χ2v) is 6.95. The maximum absolute atomic E-state index is 5.17. The van der Waals surface area contributed by atoms with Gasteiger partial charge < -0.3 is 20.3 Å². The van der Waals surface area contributed by atoms with Gasteiger partial charge in [0.1, 0.15) is 0 Å². The van der Waals surface area contributed by atoms with Crippen LogP contribution in [0.4, 0.5) is 0 Å². The number of rotatable bonds is 7. The molecule has 0 radical (unpaired) electrons. The van der Waals surface area contributed by atoms with Crippen molar-refractivity contribution in [2.45, 2.75) is 32.7 Å². The number of likely N-dealkylation sites (tertiary alicyclic amines) is 1. The molecule has 1 heterocycles. The van der Waals surface area contributed by atoms with E-state index in [0.717, 1.165) is 25.7 Å². The van der Waals surface area contributed by atoms with Crippen molar-refractivity contribution in [1.29, 1.82) is 0 Å². The van der Waals surface area contributed by atoms with E-state index in [0.29, 0.717) is 5.92 Å². The number of ether oxygens (including phenoxy) is 1. The Morgan fingerprint density at radius 3 is 2.68 bits per heavy atom. The summed E-state index contributed by atoms with van der Waals surface area (Å²) in [7, 11) is 3.61. The van der Waals surface area contributed by atoms with Crippen LogP contribution in [-0.2, 0) is 4.74 Å². The molecule has 1 aliphatic heterocycles. The number of hydrogen-bond acceptors (Lipinski definition) is 3. The third-order valence-corrected chi connectivity index (χ3v) is 5.11. The number of hydrogen-bond donors (Lipinski definition) is 2. The smallest absolute Gasteiger partial charge is 0.191 e. The minimum Gasteiger partial charge on any atom is -0.383 e. The van der Waals surface area contributed by atoms with E-state index in [1.54, 1.807) is 7.11 Å². The highest BCUT2D eigenvalue weighted by Gasteiger charge is 2.19. The quantitative estimate of drug-likeness (QED) is 0.588. The topological polar surface area (TPSA) is 48.9 Å². The van der Waals surface area contributed by atoms with Crippen molar-refractivity contribution >= 4 is 5.96 Å². The Labute approximate surface area is 152 Å². The highest BCUT2D eigenvalue weighted by molar-refractivity contribution is 5.80. The molecule has 1 aromatic carbocycles. The van der Waals surface area contributed by atoms with E-state index < -0.39 is 0 Å². The fraction of sp³-hybridized carbons (Fsp3) is 0.650. The lowest BCUT2D eigenvalue weighted by atomic mass is 9.97. The Kier molecular flexibility index (Phi) is 8.22. The second-order valence-electron chi connectivity index (χ2n) is 6.95. The molecule has 5 nitrogen and oxygen atoms in total. The number of nitrogens with one attached hydrogen (secondary N) is 2. The number of benzene rings is 1. The van der Waals surface area contributed by atoms with Gasteiger partial charge in [0.2, 0.25) is 0 Å². The van der Waals surface area contributed by atoms with Crippen LogP contribution < -0.4 is 10.6 Å². The average Bonchev–Trinajstić information content (AvgIpc) is 2.64. The Morgan fingerprint density at radius 1 is 1.32 bits per heavy atom. The summed E-state index contributed by atoms with van der Waals surface area (Å²) in [4.78, 5) is 6.88. The van der Waals surface area contributed by atoms with E-state index in [1.807, 2.05) is 7.05 Å². The number of aliphatic imine (C=N–C) groups is 1. The van der Waals surface area contributed by atoms with Crippen LogP contribution in [0.2, 0.25) is 0 Å². The molecule has 0 bridgehead atoms. The number of nitrogens with zero attached hydrogens (tertiary/aromatic N) is 2. The largest absolute Gasteiger partial charge is 0.383 e. The van der Waals surface area contributed by atoms with Crippen LogP contribution in [0.25, 0.3) is 0 Å². The zero-order valence-electron chi connectivity index (χ0n) is 16.2. The van der Waals surface area contributed by atoms with E-state index in [-0.39, 0.29) is 6.04 Å². The van der Waals surface area contributed by atoms with Crippen molar-refractivity contribution in [3.05, 3.63) is 35.4 Å². The maximum atomic E-state index is 5.17. The first-order valence-corrected chi connectivity index (χ1v) is 9.38. The molecule has 2 rings (SSSR count). The van der Waals surface area contributed by atoms with Gasteiger partial charge in [-0.25, -0.2) is 0 Å². The van der Waals surface area contributed by atoms with Gasteiger partial charge in [0.25, 0.3) is 0 Å². The molecule has 1 unspecified atom stereocenters. The summed E-state index contributed by atoms with van der Waals surface area (Å²) in [6.07, 6.45) is 2.47. The van der Waals surface area contributed by atoms with Gasteiger partial charge in [0, 0.05) is 27.2 Å². The first kappa shape index (κ1) is 19.7. The van der Waals surface area contributed by atoms with Gasteiger partial charge in [-0.05, 0) is 56.8 Å². The van der Waals surface area contributed by atoms with Crippen LogP contribution in [0.5, 0.6) is 0 Å². The predicted molar refractivity (Wildman–Crippen MR) is 105 cm³/mol. The highest BCUT2D eigenvalue weighted by Crippen LogP contribution is 2.17. The molecule has 1 aromatic rings. The molecular weight excluding hydrogens is 312 g/mol. The summed E-state index contributed by atoms with van der Waals surface area (Å²) in [5.41, 5.74) is 2.62. The molecule has 2 N–H and O–H groups in total. The normalized spacial score (nSPS) is 18.2. The van der Waals surface area contributed by atoms with Gasteiger partial charge in [-0.1, -0.05) is 24.3 Å². The van der Waals surface area contributed by atoms with Crippen molar-refractivity contribution in [1.82, 2.24) is 15.5 Å². The lowest BCUT2D eigenvalue weighted by molar-refractivity contribution is 0.121. The van der Waals surface area contributed by atoms with Crippen molar-refractivity contribution in [2.24, 2.45) is 10.9 Å². The van der Waals surface area contributed by atoms with Crippen molar-refractivity contribution in [3.8, 4) is 0 Å². The van der Waals surface area contributed by atoms with Crippen LogP contribution in [0.1, 0.15) is 36.9 Å². The first-order valence-electron chi connectivity index (χ1n) is 9.38. The highest BCUT2D eigenvalue weighted by atomic mass is 16.5. The van der Waals surface area contributed by atoms with Crippen LogP contribution in [0.15, 0.2) is 29.3 Å². The molecule has 0 aliphatic carbocycles. The monoisotopic (exact) mass is 346 g/mol. The lowest BCUT2D eigenvalue weighted by Gasteiger charge is -2.32. The lowest BCUT2D eigenvalue weighted by Crippen LogP contribution is -2.44. The van der Waals surface area contributed by atoms with Crippen molar-refractivity contribution in [3.63, 3.8) is 0 Å². The summed E-state index contributed by atoms with van der Waals surface area (Å²) < 4.78 is 5.17. The molecule has 1 fully saturated rings. The molecule has 1 saturated heterocycles. The third-order valence-electron chi connectivity index (χ3n) is 5.11. The molecule has 0 spiro atoms. The SMILES string of the molecule is CN=C(NCC1CCN(CCOC)CC1)NC(C)c1ccccc1C. The Hall–Kier alpha value is -1.59. The number of methoxy groups -OCH3 is 1. The van der Waals surface area contributed by atoms with Crippen LogP contribution >= 0.6 is 0 Å². The molecule has 0 saturated carbocycles. The van der Waals surface area contributed by atoms with E-state index in [1.165, 1.54) is 37.1 Å². The van der Waals surface area contributed by atoms with Gasteiger partial charge in [-0.2, -0.15) is 0 Å². The molecule has 0 amide bonds. The summed E-state index contributed by atoms with van der Waals surface area (Å²) in [5.74, 6) is 1.60. The van der Waals surface area contributed by atoms with Gasteiger partial charge in [0.15, 0.2) is 5.96 Å². The van der Waals surface area contributed by atoms with Crippen molar-refractivity contribution < 1.29 is 4.74 Å². The number of piperidine rings is 1. The van der Waals surface area contributed by atoms with Gasteiger partial charge in [0.05, 0.1) is 12.6 Å². The van der Waals surface area contributed by atoms with Crippen LogP contribution in [0, 0.1) is 12.8 Å². The Balaban J connectivity index is 1.75.